The summed E-state index contributed by atoms with van der Waals surface area (Å²) in [4.78, 5) is 16.2. The topological polar surface area (TPSA) is 60.5 Å². The molecule has 2 rings (SSSR count). The number of carbonyl (C=O) groups excluding carboxylic acids is 1. The largest absolute Gasteiger partial charge is 0.497 e. The van der Waals surface area contributed by atoms with Gasteiger partial charge in [0.1, 0.15) is 5.75 Å². The van der Waals surface area contributed by atoms with Crippen LogP contribution in [0.4, 0.5) is 5.69 Å². The molecule has 0 radical (unpaired) electrons. The molecule has 1 N–H and O–H groups in total. The lowest BCUT2D eigenvalue weighted by Gasteiger charge is -2.17. The van der Waals surface area contributed by atoms with Crippen LogP contribution in [0.3, 0.4) is 0 Å². The predicted octanol–water partition coefficient (Wildman–Crippen LogP) is 2.87. The SMILES string of the molecule is CCOC(=O)C(Nc1cccc(OC)c1)c1cscn1. The summed E-state index contributed by atoms with van der Waals surface area (Å²) in [6.07, 6.45) is 0. The van der Waals surface area contributed by atoms with E-state index < -0.39 is 6.04 Å². The van der Waals surface area contributed by atoms with Crippen LogP contribution in [0.5, 0.6) is 5.75 Å². The van der Waals surface area contributed by atoms with Gasteiger partial charge in [-0.1, -0.05) is 6.07 Å². The number of aromatic nitrogens is 1. The number of methoxy groups -OCH3 is 1. The van der Waals surface area contributed by atoms with E-state index in [1.165, 1.54) is 11.3 Å². The van der Waals surface area contributed by atoms with Crippen molar-refractivity contribution in [2.24, 2.45) is 0 Å². The van der Waals surface area contributed by atoms with Gasteiger partial charge in [-0.2, -0.15) is 0 Å². The molecule has 0 fully saturated rings. The van der Waals surface area contributed by atoms with Crippen molar-refractivity contribution in [1.82, 2.24) is 4.98 Å². The van der Waals surface area contributed by atoms with Gasteiger partial charge in [0, 0.05) is 17.1 Å². The van der Waals surface area contributed by atoms with Crippen molar-refractivity contribution in [1.29, 1.82) is 0 Å². The van der Waals surface area contributed by atoms with Crippen molar-refractivity contribution in [2.75, 3.05) is 19.0 Å². The smallest absolute Gasteiger partial charge is 0.334 e. The summed E-state index contributed by atoms with van der Waals surface area (Å²) >= 11 is 1.44. The molecule has 0 bridgehead atoms. The first-order valence-corrected chi connectivity index (χ1v) is 7.14. The maximum atomic E-state index is 12.0. The molecule has 0 aliphatic carbocycles. The van der Waals surface area contributed by atoms with E-state index in [1.807, 2.05) is 29.6 Å². The van der Waals surface area contributed by atoms with Gasteiger partial charge in [0.25, 0.3) is 0 Å². The molecule has 0 spiro atoms. The summed E-state index contributed by atoms with van der Waals surface area (Å²) in [5, 5.41) is 4.96. The van der Waals surface area contributed by atoms with Crippen LogP contribution in [0.2, 0.25) is 0 Å². The molecule has 0 saturated heterocycles. The summed E-state index contributed by atoms with van der Waals surface area (Å²) < 4.78 is 10.3. The number of nitrogens with zero attached hydrogens (tertiary/aromatic N) is 1. The van der Waals surface area contributed by atoms with Crippen molar-refractivity contribution >= 4 is 23.0 Å². The number of rotatable bonds is 6. The number of carbonyl (C=O) groups is 1. The number of thiazole rings is 1. The van der Waals surface area contributed by atoms with Gasteiger partial charge in [0.05, 0.1) is 24.9 Å². The Labute approximate surface area is 121 Å². The highest BCUT2D eigenvalue weighted by Gasteiger charge is 2.23. The van der Waals surface area contributed by atoms with E-state index in [2.05, 4.69) is 10.3 Å². The van der Waals surface area contributed by atoms with Gasteiger partial charge in [0.2, 0.25) is 0 Å². The molecule has 1 unspecified atom stereocenters. The second-order valence-electron chi connectivity index (χ2n) is 3.97. The van der Waals surface area contributed by atoms with E-state index in [1.54, 1.807) is 19.5 Å². The quantitative estimate of drug-likeness (QED) is 0.830. The van der Waals surface area contributed by atoms with Crippen LogP contribution in [0.1, 0.15) is 18.7 Å². The zero-order valence-corrected chi connectivity index (χ0v) is 12.1. The second kappa shape index (κ2) is 6.91. The Hall–Kier alpha value is -2.08. The first-order chi connectivity index (χ1) is 9.74. The molecule has 0 saturated carbocycles. The number of hydrogen-bond acceptors (Lipinski definition) is 6. The molecule has 0 aliphatic rings. The number of anilines is 1. The number of benzene rings is 1. The molecule has 5 nitrogen and oxygen atoms in total. The van der Waals surface area contributed by atoms with E-state index in [9.17, 15) is 4.79 Å². The molecule has 1 aromatic carbocycles. The highest BCUT2D eigenvalue weighted by molar-refractivity contribution is 7.07. The van der Waals surface area contributed by atoms with E-state index >= 15 is 0 Å². The van der Waals surface area contributed by atoms with Crippen molar-refractivity contribution in [3.63, 3.8) is 0 Å². The first kappa shape index (κ1) is 14.3. The molecule has 0 aliphatic heterocycles. The highest BCUT2D eigenvalue weighted by Crippen LogP contribution is 2.24. The number of nitrogens with one attached hydrogen (secondary N) is 1. The molecule has 106 valence electrons. The van der Waals surface area contributed by atoms with Crippen molar-refractivity contribution in [3.8, 4) is 5.75 Å². The van der Waals surface area contributed by atoms with Crippen LogP contribution in [-0.2, 0) is 9.53 Å². The monoisotopic (exact) mass is 292 g/mol. The fraction of sp³-hybridized carbons (Fsp3) is 0.286. The van der Waals surface area contributed by atoms with Gasteiger partial charge in [-0.25, -0.2) is 9.78 Å². The Bertz CT molecular complexity index is 557. The third kappa shape index (κ3) is 3.48. The minimum absolute atomic E-state index is 0.333. The van der Waals surface area contributed by atoms with Crippen LogP contribution in [0, 0.1) is 0 Å². The molecular weight excluding hydrogens is 276 g/mol. The lowest BCUT2D eigenvalue weighted by molar-refractivity contribution is -0.144. The van der Waals surface area contributed by atoms with E-state index in [0.717, 1.165) is 11.4 Å². The van der Waals surface area contributed by atoms with Crippen LogP contribution in [0.25, 0.3) is 0 Å². The first-order valence-electron chi connectivity index (χ1n) is 6.20. The second-order valence-corrected chi connectivity index (χ2v) is 4.69. The Morgan fingerprint density at radius 3 is 3.00 bits per heavy atom. The van der Waals surface area contributed by atoms with Gasteiger partial charge in [-0.15, -0.1) is 11.3 Å². The molecular formula is C14H16N2O3S. The minimum atomic E-state index is -0.617. The van der Waals surface area contributed by atoms with Gasteiger partial charge in [-0.3, -0.25) is 0 Å². The lowest BCUT2D eigenvalue weighted by Crippen LogP contribution is -2.23. The number of hydrogen-bond donors (Lipinski definition) is 1. The Balaban J connectivity index is 2.21. The van der Waals surface area contributed by atoms with Crippen molar-refractivity contribution in [3.05, 3.63) is 40.8 Å². The van der Waals surface area contributed by atoms with Crippen LogP contribution in [0.15, 0.2) is 35.2 Å². The molecule has 1 aromatic heterocycles. The zero-order valence-electron chi connectivity index (χ0n) is 11.3. The van der Waals surface area contributed by atoms with E-state index in [4.69, 9.17) is 9.47 Å². The normalized spacial score (nSPS) is 11.7. The molecule has 1 atom stereocenters. The van der Waals surface area contributed by atoms with Gasteiger partial charge < -0.3 is 14.8 Å². The Kier molecular flexibility index (Phi) is 4.95. The highest BCUT2D eigenvalue weighted by atomic mass is 32.1. The van der Waals surface area contributed by atoms with Gasteiger partial charge in [-0.05, 0) is 19.1 Å². The maximum absolute atomic E-state index is 12.0. The molecule has 0 amide bonds. The summed E-state index contributed by atoms with van der Waals surface area (Å²) in [7, 11) is 1.60. The van der Waals surface area contributed by atoms with Crippen molar-refractivity contribution in [2.45, 2.75) is 13.0 Å². The third-order valence-electron chi connectivity index (χ3n) is 2.65. The fourth-order valence-electron chi connectivity index (χ4n) is 1.72. The van der Waals surface area contributed by atoms with Gasteiger partial charge in [0.15, 0.2) is 6.04 Å². The summed E-state index contributed by atoms with van der Waals surface area (Å²) in [6.45, 7) is 2.11. The predicted molar refractivity (Wildman–Crippen MR) is 78.1 cm³/mol. The summed E-state index contributed by atoms with van der Waals surface area (Å²) in [5.74, 6) is 0.372. The fourth-order valence-corrected chi connectivity index (χ4v) is 2.30. The molecule has 20 heavy (non-hydrogen) atoms. The average Bonchev–Trinajstić information content (AvgIpc) is 2.99. The van der Waals surface area contributed by atoms with Crippen LogP contribution in [-0.4, -0.2) is 24.7 Å². The van der Waals surface area contributed by atoms with E-state index in [-0.39, 0.29) is 5.97 Å². The van der Waals surface area contributed by atoms with Crippen LogP contribution < -0.4 is 10.1 Å². The zero-order chi connectivity index (χ0) is 14.4. The molecule has 1 heterocycles. The standard InChI is InChI=1S/C14H16N2O3S/c1-3-19-14(17)13(12-8-20-9-15-12)16-10-5-4-6-11(7-10)18-2/h4-9,13,16H,3H2,1-2H3. The Morgan fingerprint density at radius 1 is 1.50 bits per heavy atom. The summed E-state index contributed by atoms with van der Waals surface area (Å²) in [6, 6.07) is 6.76. The Morgan fingerprint density at radius 2 is 2.35 bits per heavy atom. The van der Waals surface area contributed by atoms with Crippen molar-refractivity contribution < 1.29 is 14.3 Å². The number of ether oxygens (including phenoxy) is 2. The molecule has 6 heteroatoms. The van der Waals surface area contributed by atoms with Gasteiger partial charge >= 0.3 is 5.97 Å². The average molecular weight is 292 g/mol. The lowest BCUT2D eigenvalue weighted by atomic mass is 10.2. The maximum Gasteiger partial charge on any atom is 0.334 e. The minimum Gasteiger partial charge on any atom is -0.497 e. The molecule has 2 aromatic rings. The van der Waals surface area contributed by atoms with Crippen LogP contribution >= 0.6 is 11.3 Å². The van der Waals surface area contributed by atoms with E-state index in [0.29, 0.717) is 12.3 Å². The summed E-state index contributed by atoms with van der Waals surface area (Å²) in [5.41, 5.74) is 3.11. The number of esters is 1. The third-order valence-corrected chi connectivity index (χ3v) is 3.25.